The molecule has 0 saturated heterocycles. The quantitative estimate of drug-likeness (QED) is 0.729. The number of carbonyl (C=O) groups is 1. The average Bonchev–Trinajstić information content (AvgIpc) is 3.16. The number of rotatable bonds is 3. The van der Waals surface area contributed by atoms with Gasteiger partial charge in [-0.2, -0.15) is 5.26 Å². The molecule has 6 nitrogen and oxygen atoms in total. The van der Waals surface area contributed by atoms with Crippen LogP contribution in [0.25, 0.3) is 0 Å². The van der Waals surface area contributed by atoms with Gasteiger partial charge in [-0.1, -0.05) is 46.8 Å². The normalized spacial score (nSPS) is 19.7. The highest BCUT2D eigenvalue weighted by Gasteiger charge is 2.41. The standard InChI is InChI=1S/C19H16ClN5OS2/c1-27-19-24-23-18(28-19)25-13-6-3-7-14(26)16(13)15(12(9-21)17(25)22)10-4-2-5-11(20)8-10/h2,4-5,8,15H,3,6-7,22H2,1H3. The summed E-state index contributed by atoms with van der Waals surface area (Å²) in [5.74, 6) is -0.188. The number of thioether (sulfide) groups is 1. The molecule has 2 heterocycles. The lowest BCUT2D eigenvalue weighted by molar-refractivity contribution is -0.116. The van der Waals surface area contributed by atoms with E-state index in [0.717, 1.165) is 22.0 Å². The molecule has 0 spiro atoms. The van der Waals surface area contributed by atoms with Crippen LogP contribution in [0.3, 0.4) is 0 Å². The van der Waals surface area contributed by atoms with Crippen LogP contribution in [0.4, 0.5) is 5.13 Å². The van der Waals surface area contributed by atoms with E-state index in [2.05, 4.69) is 16.3 Å². The first-order valence-corrected chi connectivity index (χ1v) is 11.1. The van der Waals surface area contributed by atoms with Crippen molar-refractivity contribution in [3.63, 3.8) is 0 Å². The molecule has 2 aliphatic rings. The summed E-state index contributed by atoms with van der Waals surface area (Å²) >= 11 is 9.06. The summed E-state index contributed by atoms with van der Waals surface area (Å²) in [6.45, 7) is 0. The van der Waals surface area contributed by atoms with Gasteiger partial charge in [-0.05, 0) is 36.8 Å². The Labute approximate surface area is 175 Å². The van der Waals surface area contributed by atoms with E-state index in [1.807, 2.05) is 18.4 Å². The highest BCUT2D eigenvalue weighted by Crippen LogP contribution is 2.47. The van der Waals surface area contributed by atoms with Gasteiger partial charge in [-0.15, -0.1) is 10.2 Å². The fourth-order valence-corrected chi connectivity index (χ4v) is 5.20. The number of benzene rings is 1. The van der Waals surface area contributed by atoms with Gasteiger partial charge in [0.2, 0.25) is 5.13 Å². The fraction of sp³-hybridized carbons (Fsp3) is 0.263. The van der Waals surface area contributed by atoms with Gasteiger partial charge in [0.15, 0.2) is 10.1 Å². The number of halogens is 1. The van der Waals surface area contributed by atoms with Crippen molar-refractivity contribution in [2.75, 3.05) is 11.2 Å². The van der Waals surface area contributed by atoms with Crippen LogP contribution in [0.2, 0.25) is 5.02 Å². The maximum Gasteiger partial charge on any atom is 0.219 e. The maximum atomic E-state index is 13.0. The Balaban J connectivity index is 1.95. The van der Waals surface area contributed by atoms with Crippen molar-refractivity contribution in [3.8, 4) is 6.07 Å². The zero-order chi connectivity index (χ0) is 19.8. The SMILES string of the molecule is CSc1nnc(N2C(N)=C(C#N)C(c3cccc(Cl)c3)C3=C2CCCC3=O)s1. The molecular weight excluding hydrogens is 414 g/mol. The Morgan fingerprint density at radius 2 is 2.21 bits per heavy atom. The van der Waals surface area contributed by atoms with Gasteiger partial charge >= 0.3 is 0 Å². The van der Waals surface area contributed by atoms with E-state index >= 15 is 0 Å². The molecule has 1 atom stereocenters. The summed E-state index contributed by atoms with van der Waals surface area (Å²) < 4.78 is 0.794. The summed E-state index contributed by atoms with van der Waals surface area (Å²) in [6.07, 6.45) is 3.80. The van der Waals surface area contributed by atoms with Crippen LogP contribution in [0, 0.1) is 11.3 Å². The molecule has 9 heteroatoms. The largest absolute Gasteiger partial charge is 0.384 e. The molecule has 0 bridgehead atoms. The summed E-state index contributed by atoms with van der Waals surface area (Å²) in [4.78, 5) is 14.7. The minimum Gasteiger partial charge on any atom is -0.384 e. The number of nitrogens with zero attached hydrogens (tertiary/aromatic N) is 4. The van der Waals surface area contributed by atoms with E-state index in [4.69, 9.17) is 17.3 Å². The Morgan fingerprint density at radius 1 is 1.39 bits per heavy atom. The summed E-state index contributed by atoms with van der Waals surface area (Å²) in [5.41, 5.74) is 9.01. The Kier molecular flexibility index (Phi) is 5.15. The minimum atomic E-state index is -0.518. The number of Topliss-reactive ketones (excluding diaryl/α,β-unsaturated/α-hetero) is 1. The third-order valence-corrected chi connectivity index (χ3v) is 6.98. The van der Waals surface area contributed by atoms with Crippen LogP contribution in [0.1, 0.15) is 30.7 Å². The average molecular weight is 430 g/mol. The van der Waals surface area contributed by atoms with Gasteiger partial charge in [0.05, 0.1) is 17.6 Å². The van der Waals surface area contributed by atoms with Crippen molar-refractivity contribution in [2.24, 2.45) is 5.73 Å². The lowest BCUT2D eigenvalue weighted by Crippen LogP contribution is -2.38. The monoisotopic (exact) mass is 429 g/mol. The van der Waals surface area contributed by atoms with Gasteiger partial charge < -0.3 is 5.73 Å². The van der Waals surface area contributed by atoms with Gasteiger partial charge in [0.1, 0.15) is 5.82 Å². The van der Waals surface area contributed by atoms with Gasteiger partial charge in [0.25, 0.3) is 0 Å². The Morgan fingerprint density at radius 3 is 2.89 bits per heavy atom. The molecular formula is C19H16ClN5OS2. The second-order valence-corrected chi connectivity index (χ2v) is 8.87. The Hall–Kier alpha value is -2.34. The number of nitriles is 1. The van der Waals surface area contributed by atoms with E-state index in [-0.39, 0.29) is 5.78 Å². The highest BCUT2D eigenvalue weighted by molar-refractivity contribution is 8.00. The second kappa shape index (κ2) is 7.59. The molecule has 28 heavy (non-hydrogen) atoms. The molecule has 1 aliphatic carbocycles. The molecule has 1 aromatic heterocycles. The van der Waals surface area contributed by atoms with Crippen LogP contribution in [0.5, 0.6) is 0 Å². The van der Waals surface area contributed by atoms with Crippen LogP contribution < -0.4 is 10.6 Å². The second-order valence-electron chi connectivity index (χ2n) is 6.43. The van der Waals surface area contributed by atoms with Crippen molar-refractivity contribution in [3.05, 3.63) is 57.5 Å². The number of nitrogens with two attached hydrogens (primary N) is 1. The van der Waals surface area contributed by atoms with Gasteiger partial charge in [-0.25, -0.2) is 0 Å². The van der Waals surface area contributed by atoms with E-state index in [9.17, 15) is 10.1 Å². The molecule has 0 amide bonds. The maximum absolute atomic E-state index is 13.0. The van der Waals surface area contributed by atoms with E-state index in [1.165, 1.54) is 23.1 Å². The molecule has 2 aromatic rings. The molecule has 0 fully saturated rings. The van der Waals surface area contributed by atoms with E-state index in [1.54, 1.807) is 17.0 Å². The number of ketones is 1. The van der Waals surface area contributed by atoms with Crippen molar-refractivity contribution in [2.45, 2.75) is 29.5 Å². The zero-order valence-corrected chi connectivity index (χ0v) is 17.4. The number of hydrogen-bond donors (Lipinski definition) is 1. The first kappa shape index (κ1) is 19.0. The number of aromatic nitrogens is 2. The van der Waals surface area contributed by atoms with Crippen LogP contribution >= 0.6 is 34.7 Å². The third-order valence-electron chi connectivity index (χ3n) is 4.86. The van der Waals surface area contributed by atoms with Crippen LogP contribution in [0.15, 0.2) is 51.3 Å². The molecule has 0 radical (unpaired) electrons. The number of carbonyl (C=O) groups excluding carboxylic acids is 1. The van der Waals surface area contributed by atoms with Crippen LogP contribution in [-0.2, 0) is 4.79 Å². The number of hydrogen-bond acceptors (Lipinski definition) is 8. The summed E-state index contributed by atoms with van der Waals surface area (Å²) in [6, 6.07) is 9.48. The van der Waals surface area contributed by atoms with Crippen molar-refractivity contribution < 1.29 is 4.79 Å². The molecule has 1 aliphatic heterocycles. The topological polar surface area (TPSA) is 95.9 Å². The predicted molar refractivity (Wildman–Crippen MR) is 111 cm³/mol. The summed E-state index contributed by atoms with van der Waals surface area (Å²) in [7, 11) is 0. The number of anilines is 1. The van der Waals surface area contributed by atoms with E-state index < -0.39 is 5.92 Å². The first-order valence-electron chi connectivity index (χ1n) is 8.64. The van der Waals surface area contributed by atoms with E-state index in [0.29, 0.717) is 40.0 Å². The predicted octanol–water partition coefficient (Wildman–Crippen LogP) is 4.22. The van der Waals surface area contributed by atoms with Crippen molar-refractivity contribution in [1.29, 1.82) is 5.26 Å². The molecule has 0 saturated carbocycles. The first-order chi connectivity index (χ1) is 13.5. The number of allylic oxidation sites excluding steroid dienone is 3. The molecule has 4 rings (SSSR count). The smallest absolute Gasteiger partial charge is 0.219 e. The van der Waals surface area contributed by atoms with Gasteiger partial charge in [0, 0.05) is 22.7 Å². The lowest BCUT2D eigenvalue weighted by atomic mass is 9.76. The lowest BCUT2D eigenvalue weighted by Gasteiger charge is -2.38. The van der Waals surface area contributed by atoms with Crippen LogP contribution in [-0.4, -0.2) is 22.2 Å². The molecule has 1 unspecified atom stereocenters. The minimum absolute atomic E-state index is 0.0334. The molecule has 2 N–H and O–H groups in total. The summed E-state index contributed by atoms with van der Waals surface area (Å²) in [5, 5.41) is 19.4. The van der Waals surface area contributed by atoms with Gasteiger partial charge in [-0.3, -0.25) is 9.69 Å². The van der Waals surface area contributed by atoms with Crippen molar-refractivity contribution in [1.82, 2.24) is 10.2 Å². The molecule has 1 aromatic carbocycles. The Bertz CT molecular complexity index is 1070. The fourth-order valence-electron chi connectivity index (χ4n) is 3.70. The zero-order valence-electron chi connectivity index (χ0n) is 15.0. The third kappa shape index (κ3) is 3.09. The molecule has 142 valence electrons. The highest BCUT2D eigenvalue weighted by atomic mass is 35.5. The van der Waals surface area contributed by atoms with Crippen molar-refractivity contribution >= 4 is 45.6 Å².